The lowest BCUT2D eigenvalue weighted by atomic mass is 10.0. The Kier molecular flexibility index (Phi) is 5.33. The summed E-state index contributed by atoms with van der Waals surface area (Å²) >= 11 is 0. The minimum atomic E-state index is -4.64. The first-order valence-electron chi connectivity index (χ1n) is 9.60. The number of halogens is 3. The number of alkyl halides is 3. The molecule has 4 rings (SSSR count). The quantitative estimate of drug-likeness (QED) is 0.713. The van der Waals surface area contributed by atoms with E-state index in [-0.39, 0.29) is 34.8 Å². The summed E-state index contributed by atoms with van der Waals surface area (Å²) in [7, 11) is 1.58. The van der Waals surface area contributed by atoms with Crippen LogP contribution in [0.4, 0.5) is 19.1 Å². The van der Waals surface area contributed by atoms with Crippen LogP contribution in [0.2, 0.25) is 0 Å². The molecule has 1 fully saturated rings. The molecule has 1 amide bonds. The third-order valence-corrected chi connectivity index (χ3v) is 5.12. The van der Waals surface area contributed by atoms with E-state index in [2.05, 4.69) is 25.6 Å². The third-order valence-electron chi connectivity index (χ3n) is 5.12. The van der Waals surface area contributed by atoms with Crippen LogP contribution in [-0.2, 0) is 6.18 Å². The second-order valence-electron chi connectivity index (χ2n) is 7.25. The molecule has 0 spiro atoms. The van der Waals surface area contributed by atoms with Gasteiger partial charge in [0.25, 0.3) is 5.91 Å². The first kappa shape index (κ1) is 20.1. The highest BCUT2D eigenvalue weighted by atomic mass is 19.4. The van der Waals surface area contributed by atoms with E-state index in [1.54, 1.807) is 31.5 Å². The molecule has 0 aromatic carbocycles. The van der Waals surface area contributed by atoms with Crippen LogP contribution in [0.1, 0.15) is 34.5 Å². The van der Waals surface area contributed by atoms with Gasteiger partial charge in [-0.3, -0.25) is 4.79 Å². The first-order valence-corrected chi connectivity index (χ1v) is 9.60. The Hall–Kier alpha value is -3.14. The monoisotopic (exact) mass is 418 g/mol. The molecule has 1 atom stereocenters. The van der Waals surface area contributed by atoms with Crippen LogP contribution in [0.5, 0.6) is 0 Å². The van der Waals surface area contributed by atoms with Gasteiger partial charge in [0.2, 0.25) is 5.95 Å². The predicted octanol–water partition coefficient (Wildman–Crippen LogP) is 3.27. The van der Waals surface area contributed by atoms with E-state index < -0.39 is 11.7 Å². The van der Waals surface area contributed by atoms with Crippen LogP contribution >= 0.6 is 0 Å². The zero-order chi connectivity index (χ0) is 21.3. The van der Waals surface area contributed by atoms with Crippen LogP contribution in [0.15, 0.2) is 30.7 Å². The Morgan fingerprint density at radius 2 is 2.13 bits per heavy atom. The van der Waals surface area contributed by atoms with Gasteiger partial charge in [-0.2, -0.15) is 13.2 Å². The Morgan fingerprint density at radius 3 is 2.87 bits per heavy atom. The third kappa shape index (κ3) is 3.95. The molecule has 0 saturated carbocycles. The smallest absolute Gasteiger partial charge is 0.356 e. The molecular weight excluding hydrogens is 397 g/mol. The summed E-state index contributed by atoms with van der Waals surface area (Å²) in [5.74, 6) is -0.231. The number of carbonyl (C=O) groups is 1. The molecule has 1 saturated heterocycles. The molecule has 7 nitrogen and oxygen atoms in total. The average molecular weight is 418 g/mol. The number of anilines is 1. The van der Waals surface area contributed by atoms with E-state index in [1.165, 1.54) is 11.1 Å². The Morgan fingerprint density at radius 1 is 1.30 bits per heavy atom. The molecule has 158 valence electrons. The zero-order valence-corrected chi connectivity index (χ0v) is 16.3. The number of nitrogens with zero attached hydrogens (tertiary/aromatic N) is 3. The molecule has 10 heteroatoms. The van der Waals surface area contributed by atoms with E-state index in [9.17, 15) is 18.0 Å². The summed E-state index contributed by atoms with van der Waals surface area (Å²) in [4.78, 5) is 24.9. The molecule has 2 aliphatic heterocycles. The molecule has 2 aromatic heterocycles. The summed E-state index contributed by atoms with van der Waals surface area (Å²) in [6.45, 7) is 1.60. The molecule has 0 aliphatic carbocycles. The lowest BCUT2D eigenvalue weighted by Crippen LogP contribution is -2.38. The lowest BCUT2D eigenvalue weighted by molar-refractivity contribution is -0.137. The summed E-state index contributed by atoms with van der Waals surface area (Å²) in [6, 6.07) is 0.0375. The number of rotatable bonds is 3. The number of amides is 1. The van der Waals surface area contributed by atoms with E-state index in [0.29, 0.717) is 12.1 Å². The second-order valence-corrected chi connectivity index (χ2v) is 7.25. The maximum Gasteiger partial charge on any atom is 0.419 e. The Labute approximate surface area is 171 Å². The van der Waals surface area contributed by atoms with E-state index in [4.69, 9.17) is 0 Å². The molecule has 30 heavy (non-hydrogen) atoms. The molecule has 2 aromatic rings. The summed E-state index contributed by atoms with van der Waals surface area (Å²) in [6.07, 6.45) is 5.86. The van der Waals surface area contributed by atoms with Gasteiger partial charge in [-0.15, -0.1) is 0 Å². The predicted molar refractivity (Wildman–Crippen MR) is 107 cm³/mol. The number of hydrogen-bond acceptors (Lipinski definition) is 5. The average Bonchev–Trinajstić information content (AvgIpc) is 3.12. The SMILES string of the molecule is CN1C=CC=Cc2c(-c3nc(N[C@H]4CCCNC4)ncc3C(F)(F)F)c[nH]c2C1=O. The maximum absolute atomic E-state index is 13.7. The summed E-state index contributed by atoms with van der Waals surface area (Å²) in [5, 5.41) is 6.35. The van der Waals surface area contributed by atoms with Gasteiger partial charge in [0.05, 0.1) is 5.69 Å². The lowest BCUT2D eigenvalue weighted by Gasteiger charge is -2.24. The van der Waals surface area contributed by atoms with Crippen molar-refractivity contribution >= 4 is 17.9 Å². The van der Waals surface area contributed by atoms with Crippen LogP contribution in [0.25, 0.3) is 17.3 Å². The van der Waals surface area contributed by atoms with Gasteiger partial charge in [-0.25, -0.2) is 9.97 Å². The molecule has 4 heterocycles. The summed E-state index contributed by atoms with van der Waals surface area (Å²) < 4.78 is 41.2. The van der Waals surface area contributed by atoms with Crippen molar-refractivity contribution in [2.75, 3.05) is 25.5 Å². The molecule has 2 aliphatic rings. The molecule has 0 unspecified atom stereocenters. The fraction of sp³-hybridized carbons (Fsp3) is 0.350. The standard InChI is InChI=1S/C20H21F3N6O/c1-29-8-3-2-6-13-14(10-25-17(13)18(29)30)16-15(20(21,22)23)11-26-19(28-16)27-12-5-4-7-24-9-12/h2-3,6,8,10-12,24-25H,4-5,7,9H2,1H3,(H,26,27,28)/t12-/m0/s1. The topological polar surface area (TPSA) is 85.9 Å². The van der Waals surface area contributed by atoms with Gasteiger partial charge < -0.3 is 20.5 Å². The van der Waals surface area contributed by atoms with Crippen LogP contribution in [-0.4, -0.2) is 51.9 Å². The molecule has 3 N–H and O–H groups in total. The van der Waals surface area contributed by atoms with E-state index >= 15 is 0 Å². The first-order chi connectivity index (χ1) is 14.3. The normalized spacial score (nSPS) is 19.4. The van der Waals surface area contributed by atoms with Gasteiger partial charge in [-0.05, 0) is 25.5 Å². The highest BCUT2D eigenvalue weighted by molar-refractivity contribution is 6.00. The second kappa shape index (κ2) is 7.94. The van der Waals surface area contributed by atoms with Gasteiger partial charge in [0, 0.05) is 49.4 Å². The molecule has 0 radical (unpaired) electrons. The minimum absolute atomic E-state index is 0.0375. The van der Waals surface area contributed by atoms with Gasteiger partial charge in [-0.1, -0.05) is 12.2 Å². The number of H-pyrrole nitrogens is 1. The summed E-state index contributed by atoms with van der Waals surface area (Å²) in [5.41, 5.74) is -0.483. The number of fused-ring (bicyclic) bond motifs is 1. The zero-order valence-electron chi connectivity index (χ0n) is 16.3. The highest BCUT2D eigenvalue weighted by Crippen LogP contribution is 2.38. The maximum atomic E-state index is 13.7. The molecular formula is C20H21F3N6O. The van der Waals surface area contributed by atoms with E-state index in [0.717, 1.165) is 25.6 Å². The van der Waals surface area contributed by atoms with Gasteiger partial charge in [0.15, 0.2) is 0 Å². The fourth-order valence-electron chi connectivity index (χ4n) is 3.58. The van der Waals surface area contributed by atoms with E-state index in [1.807, 2.05) is 0 Å². The van der Waals surface area contributed by atoms with Crippen molar-refractivity contribution in [1.29, 1.82) is 0 Å². The van der Waals surface area contributed by atoms with Crippen molar-refractivity contribution in [3.63, 3.8) is 0 Å². The van der Waals surface area contributed by atoms with Crippen molar-refractivity contribution in [3.8, 4) is 11.3 Å². The number of hydrogen-bond donors (Lipinski definition) is 3. The minimum Gasteiger partial charge on any atom is -0.356 e. The van der Waals surface area contributed by atoms with Crippen LogP contribution in [0.3, 0.4) is 0 Å². The van der Waals surface area contributed by atoms with Crippen molar-refractivity contribution in [3.05, 3.63) is 47.6 Å². The molecule has 0 bridgehead atoms. The largest absolute Gasteiger partial charge is 0.419 e. The van der Waals surface area contributed by atoms with Crippen molar-refractivity contribution in [1.82, 2.24) is 25.2 Å². The van der Waals surface area contributed by atoms with Crippen molar-refractivity contribution in [2.45, 2.75) is 25.1 Å². The van der Waals surface area contributed by atoms with Crippen LogP contribution < -0.4 is 10.6 Å². The number of piperidine rings is 1. The van der Waals surface area contributed by atoms with Crippen LogP contribution in [0, 0.1) is 0 Å². The number of allylic oxidation sites excluding steroid dienone is 2. The Bertz CT molecular complexity index is 1000. The number of nitrogens with one attached hydrogen (secondary N) is 3. The number of aromatic amines is 1. The number of carbonyl (C=O) groups excluding carboxylic acids is 1. The van der Waals surface area contributed by atoms with Crippen molar-refractivity contribution < 1.29 is 18.0 Å². The highest BCUT2D eigenvalue weighted by Gasteiger charge is 2.37. The fourth-order valence-corrected chi connectivity index (χ4v) is 3.58. The van der Waals surface area contributed by atoms with Gasteiger partial charge >= 0.3 is 6.18 Å². The van der Waals surface area contributed by atoms with Gasteiger partial charge in [0.1, 0.15) is 11.3 Å². The van der Waals surface area contributed by atoms with Crippen molar-refractivity contribution in [2.24, 2.45) is 0 Å². The number of aromatic nitrogens is 3. The Balaban J connectivity index is 1.80.